The van der Waals surface area contributed by atoms with Gasteiger partial charge in [-0.3, -0.25) is 4.79 Å². The molecule has 0 bridgehead atoms. The molecule has 0 amide bonds. The molecule has 0 saturated carbocycles. The molecule has 0 aromatic heterocycles. The van der Waals surface area contributed by atoms with E-state index in [1.54, 1.807) is 0 Å². The van der Waals surface area contributed by atoms with Crippen molar-refractivity contribution in [3.8, 4) is 0 Å². The normalized spacial score (nSPS) is 12.5. The lowest BCUT2D eigenvalue weighted by Gasteiger charge is -2.14. The van der Waals surface area contributed by atoms with Crippen LogP contribution in [0.5, 0.6) is 0 Å². The van der Waals surface area contributed by atoms with Crippen molar-refractivity contribution in [2.45, 2.75) is 66.2 Å². The Balaban J connectivity index is 3.22. The van der Waals surface area contributed by atoms with Gasteiger partial charge in [0.25, 0.3) is 0 Å². The molecular formula is C22H44O6. The van der Waals surface area contributed by atoms with Gasteiger partial charge in [-0.25, -0.2) is 0 Å². The Hall–Kier alpha value is -0.690. The van der Waals surface area contributed by atoms with Gasteiger partial charge in [0, 0.05) is 19.6 Å². The van der Waals surface area contributed by atoms with Crippen LogP contribution in [0.3, 0.4) is 0 Å². The summed E-state index contributed by atoms with van der Waals surface area (Å²) in [6, 6.07) is 0. The lowest BCUT2D eigenvalue weighted by molar-refractivity contribution is -0.145. The van der Waals surface area contributed by atoms with Crippen molar-refractivity contribution < 1.29 is 28.5 Å². The fraction of sp³-hybridized carbons (Fsp3) is 0.955. The summed E-state index contributed by atoms with van der Waals surface area (Å²) in [5.74, 6) is 0.896. The number of carbonyl (C=O) groups is 1. The predicted octanol–water partition coefficient (Wildman–Crippen LogP) is 4.25. The van der Waals surface area contributed by atoms with Crippen molar-refractivity contribution in [2.24, 2.45) is 11.8 Å². The highest BCUT2D eigenvalue weighted by atomic mass is 16.6. The van der Waals surface area contributed by atoms with Gasteiger partial charge in [-0.05, 0) is 24.7 Å². The Morgan fingerprint density at radius 2 is 1.32 bits per heavy atom. The molecule has 1 unspecified atom stereocenters. The van der Waals surface area contributed by atoms with Crippen molar-refractivity contribution >= 4 is 5.97 Å². The fourth-order valence-corrected chi connectivity index (χ4v) is 2.46. The molecule has 0 spiro atoms. The van der Waals surface area contributed by atoms with Gasteiger partial charge in [-0.2, -0.15) is 0 Å². The molecule has 168 valence electrons. The van der Waals surface area contributed by atoms with Crippen LogP contribution in [0.15, 0.2) is 0 Å². The number of ether oxygens (including phenoxy) is 5. The van der Waals surface area contributed by atoms with Crippen LogP contribution < -0.4 is 0 Å². The summed E-state index contributed by atoms with van der Waals surface area (Å²) in [5, 5.41) is 0. The average molecular weight is 405 g/mol. The summed E-state index contributed by atoms with van der Waals surface area (Å²) in [6.45, 7) is 13.8. The largest absolute Gasteiger partial charge is 0.465 e. The first kappa shape index (κ1) is 27.3. The van der Waals surface area contributed by atoms with E-state index in [-0.39, 0.29) is 5.97 Å². The third-order valence-electron chi connectivity index (χ3n) is 4.26. The van der Waals surface area contributed by atoms with Gasteiger partial charge in [-0.1, -0.05) is 47.0 Å². The second-order valence-corrected chi connectivity index (χ2v) is 7.51. The van der Waals surface area contributed by atoms with Gasteiger partial charge in [0.15, 0.2) is 0 Å². The Labute approximate surface area is 172 Å². The molecule has 0 rings (SSSR count). The Bertz CT molecular complexity index is 335. The van der Waals surface area contributed by atoms with E-state index in [4.69, 9.17) is 23.7 Å². The maximum Gasteiger partial charge on any atom is 0.305 e. The molecule has 0 saturated heterocycles. The van der Waals surface area contributed by atoms with E-state index >= 15 is 0 Å². The maximum atomic E-state index is 11.4. The first-order valence-corrected chi connectivity index (χ1v) is 11.1. The highest BCUT2D eigenvalue weighted by Crippen LogP contribution is 2.12. The third-order valence-corrected chi connectivity index (χ3v) is 4.26. The lowest BCUT2D eigenvalue weighted by Crippen LogP contribution is -2.15. The number of hydrogen-bond donors (Lipinski definition) is 0. The van der Waals surface area contributed by atoms with Gasteiger partial charge in [0.1, 0.15) is 0 Å². The molecule has 0 aliphatic heterocycles. The van der Waals surface area contributed by atoms with Crippen molar-refractivity contribution in [3.63, 3.8) is 0 Å². The summed E-state index contributed by atoms with van der Waals surface area (Å²) < 4.78 is 27.2. The maximum absolute atomic E-state index is 11.4. The van der Waals surface area contributed by atoms with Crippen LogP contribution in [-0.4, -0.2) is 65.4 Å². The SMILES string of the molecule is CCCCC(CC)COCCOCCOCCOCCCC(=O)OCC(C)C. The average Bonchev–Trinajstić information content (AvgIpc) is 2.68. The van der Waals surface area contributed by atoms with Crippen molar-refractivity contribution in [3.05, 3.63) is 0 Å². The molecule has 0 aromatic carbocycles. The topological polar surface area (TPSA) is 63.2 Å². The van der Waals surface area contributed by atoms with E-state index in [0.29, 0.717) is 77.5 Å². The molecule has 0 fully saturated rings. The minimum absolute atomic E-state index is 0.152. The van der Waals surface area contributed by atoms with Crippen LogP contribution in [0.1, 0.15) is 66.2 Å². The van der Waals surface area contributed by atoms with Gasteiger partial charge in [-0.15, -0.1) is 0 Å². The van der Waals surface area contributed by atoms with E-state index in [9.17, 15) is 4.79 Å². The lowest BCUT2D eigenvalue weighted by atomic mass is 10.0. The summed E-state index contributed by atoms with van der Waals surface area (Å²) in [5.41, 5.74) is 0. The molecule has 0 N–H and O–H groups in total. The summed E-state index contributed by atoms with van der Waals surface area (Å²) in [7, 11) is 0. The molecule has 0 aliphatic carbocycles. The van der Waals surface area contributed by atoms with Crippen LogP contribution in [0.2, 0.25) is 0 Å². The van der Waals surface area contributed by atoms with E-state index < -0.39 is 0 Å². The molecule has 1 atom stereocenters. The molecule has 0 heterocycles. The molecule has 0 aliphatic rings. The zero-order valence-electron chi connectivity index (χ0n) is 18.7. The number of carbonyl (C=O) groups excluding carboxylic acids is 1. The van der Waals surface area contributed by atoms with Crippen molar-refractivity contribution in [2.75, 3.05) is 59.5 Å². The fourth-order valence-electron chi connectivity index (χ4n) is 2.46. The first-order chi connectivity index (χ1) is 13.6. The van der Waals surface area contributed by atoms with E-state index in [2.05, 4.69) is 13.8 Å². The third kappa shape index (κ3) is 20.1. The zero-order chi connectivity index (χ0) is 20.9. The standard InChI is InChI=1S/C22H44O6/c1-5-7-9-21(6-2)19-27-17-16-26-15-14-25-13-12-24-11-8-10-22(23)28-18-20(3)4/h20-21H,5-19H2,1-4H3. The summed E-state index contributed by atoms with van der Waals surface area (Å²) in [4.78, 5) is 11.4. The number of hydrogen-bond acceptors (Lipinski definition) is 6. The Morgan fingerprint density at radius 1 is 0.750 bits per heavy atom. The van der Waals surface area contributed by atoms with Crippen LogP contribution in [0.25, 0.3) is 0 Å². The molecule has 0 radical (unpaired) electrons. The van der Waals surface area contributed by atoms with E-state index in [1.807, 2.05) is 13.8 Å². The second kappa shape index (κ2) is 21.0. The number of unbranched alkanes of at least 4 members (excludes halogenated alkanes) is 1. The van der Waals surface area contributed by atoms with Crippen molar-refractivity contribution in [1.82, 2.24) is 0 Å². The Morgan fingerprint density at radius 3 is 1.86 bits per heavy atom. The van der Waals surface area contributed by atoms with Gasteiger partial charge >= 0.3 is 5.97 Å². The minimum atomic E-state index is -0.152. The number of rotatable bonds is 21. The van der Waals surface area contributed by atoms with Crippen LogP contribution in [0.4, 0.5) is 0 Å². The predicted molar refractivity (Wildman–Crippen MR) is 112 cm³/mol. The smallest absolute Gasteiger partial charge is 0.305 e. The summed E-state index contributed by atoms with van der Waals surface area (Å²) in [6.07, 6.45) is 6.05. The molecule has 6 heteroatoms. The Kier molecular flexibility index (Phi) is 20.5. The molecular weight excluding hydrogens is 360 g/mol. The summed E-state index contributed by atoms with van der Waals surface area (Å²) >= 11 is 0. The molecule has 0 aromatic rings. The van der Waals surface area contributed by atoms with Gasteiger partial charge < -0.3 is 23.7 Å². The van der Waals surface area contributed by atoms with Crippen molar-refractivity contribution in [1.29, 1.82) is 0 Å². The quantitative estimate of drug-likeness (QED) is 0.210. The van der Waals surface area contributed by atoms with E-state index in [0.717, 1.165) is 6.61 Å². The van der Waals surface area contributed by atoms with Crippen LogP contribution in [0, 0.1) is 11.8 Å². The molecule has 6 nitrogen and oxygen atoms in total. The zero-order valence-corrected chi connectivity index (χ0v) is 18.7. The van der Waals surface area contributed by atoms with E-state index in [1.165, 1.54) is 25.7 Å². The van der Waals surface area contributed by atoms with Crippen LogP contribution >= 0.6 is 0 Å². The van der Waals surface area contributed by atoms with Crippen LogP contribution in [-0.2, 0) is 28.5 Å². The van der Waals surface area contributed by atoms with Gasteiger partial charge in [0.2, 0.25) is 0 Å². The van der Waals surface area contributed by atoms with Gasteiger partial charge in [0.05, 0.1) is 46.2 Å². The first-order valence-electron chi connectivity index (χ1n) is 11.1. The highest BCUT2D eigenvalue weighted by Gasteiger charge is 2.06. The number of esters is 1. The molecule has 28 heavy (non-hydrogen) atoms. The monoisotopic (exact) mass is 404 g/mol. The minimum Gasteiger partial charge on any atom is -0.465 e. The second-order valence-electron chi connectivity index (χ2n) is 7.51. The highest BCUT2D eigenvalue weighted by molar-refractivity contribution is 5.69.